The molecule has 0 aromatic carbocycles. The summed E-state index contributed by atoms with van der Waals surface area (Å²) in [5.74, 6) is 0.720. The second kappa shape index (κ2) is 7.22. The number of halogens is 1. The van der Waals surface area contributed by atoms with Gasteiger partial charge in [0.2, 0.25) is 0 Å². The molecule has 2 rings (SSSR count). The van der Waals surface area contributed by atoms with Crippen molar-refractivity contribution in [3.63, 3.8) is 0 Å². The summed E-state index contributed by atoms with van der Waals surface area (Å²) in [5, 5.41) is 4.09. The van der Waals surface area contributed by atoms with Gasteiger partial charge in [-0.3, -0.25) is 9.97 Å². The van der Waals surface area contributed by atoms with E-state index in [0.717, 1.165) is 30.0 Å². The molecule has 1 unspecified atom stereocenters. The Bertz CT molecular complexity index is 562. The molecule has 20 heavy (non-hydrogen) atoms. The Hall–Kier alpha value is -1.65. The first-order valence-electron chi connectivity index (χ1n) is 6.59. The van der Waals surface area contributed by atoms with Crippen molar-refractivity contribution in [2.24, 2.45) is 0 Å². The van der Waals surface area contributed by atoms with E-state index in [-0.39, 0.29) is 6.04 Å². The van der Waals surface area contributed by atoms with Crippen LogP contribution in [0.2, 0.25) is 5.02 Å². The molecule has 0 bridgehead atoms. The molecule has 5 heteroatoms. The molecular weight excluding hydrogens is 274 g/mol. The molecule has 2 heterocycles. The van der Waals surface area contributed by atoms with E-state index in [0.29, 0.717) is 5.02 Å². The van der Waals surface area contributed by atoms with Crippen molar-refractivity contribution >= 4 is 11.6 Å². The number of methoxy groups -OCH3 is 1. The molecule has 2 aromatic rings. The monoisotopic (exact) mass is 291 g/mol. The molecule has 0 aliphatic heterocycles. The summed E-state index contributed by atoms with van der Waals surface area (Å²) < 4.78 is 5.23. The average Bonchev–Trinajstić information content (AvgIpc) is 2.49. The minimum atomic E-state index is -0.0914. The lowest BCUT2D eigenvalue weighted by molar-refractivity contribution is 0.411. The number of aromatic nitrogens is 2. The van der Waals surface area contributed by atoms with Crippen molar-refractivity contribution in [3.8, 4) is 5.75 Å². The number of hydrogen-bond acceptors (Lipinski definition) is 4. The third-order valence-corrected chi connectivity index (χ3v) is 3.28. The van der Waals surface area contributed by atoms with Gasteiger partial charge in [0, 0.05) is 12.4 Å². The molecule has 0 aliphatic rings. The van der Waals surface area contributed by atoms with Crippen LogP contribution in [0.15, 0.2) is 36.8 Å². The summed E-state index contributed by atoms with van der Waals surface area (Å²) in [7, 11) is 1.63. The first-order chi connectivity index (χ1) is 9.76. The summed E-state index contributed by atoms with van der Waals surface area (Å²) >= 11 is 6.27. The Morgan fingerprint density at radius 3 is 2.95 bits per heavy atom. The Morgan fingerprint density at radius 1 is 1.40 bits per heavy atom. The maximum Gasteiger partial charge on any atom is 0.137 e. The SMILES string of the molecule is CCCNC(c1cncc(OC)c1)c1ncccc1Cl. The minimum absolute atomic E-state index is 0.0914. The van der Waals surface area contributed by atoms with Crippen LogP contribution in [-0.2, 0) is 0 Å². The molecule has 0 amide bonds. The Morgan fingerprint density at radius 2 is 2.25 bits per heavy atom. The molecular formula is C15H18ClN3O. The fourth-order valence-corrected chi connectivity index (χ4v) is 2.21. The fourth-order valence-electron chi connectivity index (χ4n) is 1.98. The zero-order valence-electron chi connectivity index (χ0n) is 11.6. The quantitative estimate of drug-likeness (QED) is 0.888. The van der Waals surface area contributed by atoms with Gasteiger partial charge in [-0.2, -0.15) is 0 Å². The number of ether oxygens (including phenoxy) is 1. The molecule has 4 nitrogen and oxygen atoms in total. The number of nitrogens with one attached hydrogen (secondary N) is 1. The first-order valence-corrected chi connectivity index (χ1v) is 6.96. The van der Waals surface area contributed by atoms with E-state index >= 15 is 0 Å². The van der Waals surface area contributed by atoms with E-state index < -0.39 is 0 Å². The summed E-state index contributed by atoms with van der Waals surface area (Å²) in [4.78, 5) is 8.60. The second-order valence-electron chi connectivity index (χ2n) is 4.42. The Kier molecular flexibility index (Phi) is 5.32. The molecule has 0 aliphatic carbocycles. The normalized spacial score (nSPS) is 12.2. The van der Waals surface area contributed by atoms with Crippen molar-refractivity contribution in [3.05, 3.63) is 53.1 Å². The topological polar surface area (TPSA) is 47.0 Å². The zero-order chi connectivity index (χ0) is 14.4. The van der Waals surface area contributed by atoms with Crippen LogP contribution in [0.1, 0.15) is 30.6 Å². The number of pyridine rings is 2. The number of rotatable bonds is 6. The lowest BCUT2D eigenvalue weighted by Crippen LogP contribution is -2.24. The first kappa shape index (κ1) is 14.8. The smallest absolute Gasteiger partial charge is 0.137 e. The summed E-state index contributed by atoms with van der Waals surface area (Å²) in [6.45, 7) is 2.99. The standard InChI is InChI=1S/C15H18ClN3O/c1-3-6-18-14(15-13(16)5-4-7-19-15)11-8-12(20-2)10-17-9-11/h4-5,7-10,14,18H,3,6H2,1-2H3. The summed E-state index contributed by atoms with van der Waals surface area (Å²) in [6, 6.07) is 5.53. The molecule has 0 spiro atoms. The lowest BCUT2D eigenvalue weighted by atomic mass is 10.0. The van der Waals surface area contributed by atoms with Crippen LogP contribution < -0.4 is 10.1 Å². The third kappa shape index (κ3) is 3.46. The predicted molar refractivity (Wildman–Crippen MR) is 80.2 cm³/mol. The predicted octanol–water partition coefficient (Wildman–Crippen LogP) is 3.23. The minimum Gasteiger partial charge on any atom is -0.495 e. The van der Waals surface area contributed by atoms with Crippen LogP contribution >= 0.6 is 11.6 Å². The molecule has 0 saturated heterocycles. The number of nitrogens with zero attached hydrogens (tertiary/aromatic N) is 2. The van der Waals surface area contributed by atoms with Gasteiger partial charge < -0.3 is 10.1 Å². The zero-order valence-corrected chi connectivity index (χ0v) is 12.4. The van der Waals surface area contributed by atoms with Gasteiger partial charge in [-0.05, 0) is 36.7 Å². The highest BCUT2D eigenvalue weighted by atomic mass is 35.5. The molecule has 1 N–H and O–H groups in total. The highest BCUT2D eigenvalue weighted by molar-refractivity contribution is 6.31. The Balaban J connectivity index is 2.38. The maximum absolute atomic E-state index is 6.27. The van der Waals surface area contributed by atoms with Crippen LogP contribution in [0.5, 0.6) is 5.75 Å². The van der Waals surface area contributed by atoms with Crippen LogP contribution in [0.25, 0.3) is 0 Å². The van der Waals surface area contributed by atoms with Gasteiger partial charge >= 0.3 is 0 Å². The number of hydrogen-bond donors (Lipinski definition) is 1. The lowest BCUT2D eigenvalue weighted by Gasteiger charge is -2.19. The largest absolute Gasteiger partial charge is 0.495 e. The van der Waals surface area contributed by atoms with Crippen LogP contribution in [0, 0.1) is 0 Å². The molecule has 0 fully saturated rings. The summed E-state index contributed by atoms with van der Waals surface area (Å²) in [6.07, 6.45) is 6.26. The van der Waals surface area contributed by atoms with Crippen molar-refractivity contribution in [2.45, 2.75) is 19.4 Å². The maximum atomic E-state index is 6.27. The van der Waals surface area contributed by atoms with Crippen LogP contribution in [0.4, 0.5) is 0 Å². The van der Waals surface area contributed by atoms with Gasteiger partial charge in [0.1, 0.15) is 5.75 Å². The molecule has 1 atom stereocenters. The van der Waals surface area contributed by atoms with E-state index in [1.807, 2.05) is 18.2 Å². The van der Waals surface area contributed by atoms with E-state index in [4.69, 9.17) is 16.3 Å². The van der Waals surface area contributed by atoms with Crippen molar-refractivity contribution in [1.29, 1.82) is 0 Å². The van der Waals surface area contributed by atoms with Crippen molar-refractivity contribution in [1.82, 2.24) is 15.3 Å². The molecule has 106 valence electrons. The van der Waals surface area contributed by atoms with Gasteiger partial charge in [0.05, 0.1) is 30.1 Å². The second-order valence-corrected chi connectivity index (χ2v) is 4.82. The fraction of sp³-hybridized carbons (Fsp3) is 0.333. The van der Waals surface area contributed by atoms with Gasteiger partial charge in [0.25, 0.3) is 0 Å². The van der Waals surface area contributed by atoms with Gasteiger partial charge in [-0.1, -0.05) is 18.5 Å². The van der Waals surface area contributed by atoms with E-state index in [1.165, 1.54) is 0 Å². The molecule has 0 saturated carbocycles. The van der Waals surface area contributed by atoms with Gasteiger partial charge in [-0.15, -0.1) is 0 Å². The molecule has 2 aromatic heterocycles. The highest BCUT2D eigenvalue weighted by Gasteiger charge is 2.18. The van der Waals surface area contributed by atoms with Crippen molar-refractivity contribution in [2.75, 3.05) is 13.7 Å². The third-order valence-electron chi connectivity index (χ3n) is 2.96. The average molecular weight is 292 g/mol. The van der Waals surface area contributed by atoms with E-state index in [1.54, 1.807) is 25.7 Å². The van der Waals surface area contributed by atoms with Gasteiger partial charge in [0.15, 0.2) is 0 Å². The van der Waals surface area contributed by atoms with E-state index in [9.17, 15) is 0 Å². The molecule has 0 radical (unpaired) electrons. The highest BCUT2D eigenvalue weighted by Crippen LogP contribution is 2.27. The van der Waals surface area contributed by atoms with E-state index in [2.05, 4.69) is 22.2 Å². The van der Waals surface area contributed by atoms with Crippen LogP contribution in [-0.4, -0.2) is 23.6 Å². The Labute approximate surface area is 124 Å². The summed E-state index contributed by atoms with van der Waals surface area (Å²) in [5.41, 5.74) is 1.79. The van der Waals surface area contributed by atoms with Gasteiger partial charge in [-0.25, -0.2) is 0 Å². The van der Waals surface area contributed by atoms with Crippen LogP contribution in [0.3, 0.4) is 0 Å². The van der Waals surface area contributed by atoms with Crippen molar-refractivity contribution < 1.29 is 4.74 Å².